The van der Waals surface area contributed by atoms with E-state index in [9.17, 15) is 33.9 Å². The summed E-state index contributed by atoms with van der Waals surface area (Å²) in [6, 6.07) is 5.65. The topological polar surface area (TPSA) is 313 Å². The first kappa shape index (κ1) is 60.7. The Kier molecular flexibility index (Phi) is 24.2. The third kappa shape index (κ3) is 23.6. The van der Waals surface area contributed by atoms with Gasteiger partial charge in [0.25, 0.3) is 11.9 Å². The zero-order chi connectivity index (χ0) is 54.4. The van der Waals surface area contributed by atoms with Gasteiger partial charge in [0.1, 0.15) is 16.8 Å². The second-order valence-electron chi connectivity index (χ2n) is 20.8. The van der Waals surface area contributed by atoms with E-state index >= 15 is 0 Å². The maximum absolute atomic E-state index is 13.2. The van der Waals surface area contributed by atoms with Crippen LogP contribution in [0.1, 0.15) is 143 Å². The Morgan fingerprint density at radius 3 is 1.78 bits per heavy atom. The van der Waals surface area contributed by atoms with Gasteiger partial charge in [-0.2, -0.15) is 15.0 Å². The molecule has 3 rings (SSSR count). The number of ether oxygens (including phenoxy) is 3. The molecule has 0 aliphatic rings. The summed E-state index contributed by atoms with van der Waals surface area (Å²) in [5.74, 6) is -0.653. The first-order valence-corrected chi connectivity index (χ1v) is 25.3. The van der Waals surface area contributed by atoms with Crippen LogP contribution in [0, 0.1) is 0 Å². The van der Waals surface area contributed by atoms with Gasteiger partial charge in [-0.05, 0) is 131 Å². The van der Waals surface area contributed by atoms with Crippen molar-refractivity contribution in [1.29, 1.82) is 0 Å². The Bertz CT molecular complexity index is 2250. The molecule has 0 fully saturated rings. The molecule has 23 heteroatoms. The third-order valence-corrected chi connectivity index (χ3v) is 10.6. The summed E-state index contributed by atoms with van der Waals surface area (Å²) < 4.78 is 18.1. The number of imidazole rings is 1. The van der Waals surface area contributed by atoms with Crippen LogP contribution in [0.5, 0.6) is 6.01 Å². The van der Waals surface area contributed by atoms with Gasteiger partial charge < -0.3 is 67.2 Å². The number of aromatic hydroxyl groups is 1. The van der Waals surface area contributed by atoms with Crippen LogP contribution in [0.25, 0.3) is 11.2 Å². The van der Waals surface area contributed by atoms with Gasteiger partial charge in [0.15, 0.2) is 17.0 Å². The maximum atomic E-state index is 13.2. The lowest BCUT2D eigenvalue weighted by Gasteiger charge is -2.29. The van der Waals surface area contributed by atoms with Crippen LogP contribution in [-0.4, -0.2) is 152 Å². The molecule has 0 saturated heterocycles. The summed E-state index contributed by atoms with van der Waals surface area (Å²) in [4.78, 5) is 92.5. The molecule has 1 atom stereocenters. The highest BCUT2D eigenvalue weighted by Crippen LogP contribution is 2.25. The second-order valence-corrected chi connectivity index (χ2v) is 20.8. The third-order valence-electron chi connectivity index (χ3n) is 10.6. The molecule has 10 N–H and O–H groups in total. The Morgan fingerprint density at radius 2 is 1.22 bits per heavy atom. The maximum Gasteiger partial charge on any atom is 0.410 e. The number of aromatic nitrogens is 4. The summed E-state index contributed by atoms with van der Waals surface area (Å²) in [7, 11) is 0. The number of fused-ring (bicyclic) bond motifs is 1. The standard InChI is InChI=1S/C50H83N13O10/c1-11-12-24-55-43-59-39(52)38-40(60-43)63(44(67)58-38)33-34-20-22-35(23-21-34)41(65)57-32-37(64)53-25-14-13-19-36(51)42(66)54-26-17-30-61(46(69)72-49(5,6)7)28-15-16-29-62(47(70)73-50(8,9)10)31-18-27-56-45(68)71-48(2,3)4/h20-23,36H,11-19,24-33,51H2,1-10H3,(H,53,64)(H,54,66)(H,56,68)(H,57,65)(H,58,67)(H3,52,55,59,60)/t36-/m0/s1. The fraction of sp³-hybridized carbons (Fsp3) is 0.660. The van der Waals surface area contributed by atoms with Gasteiger partial charge in [0.05, 0.1) is 19.1 Å². The zero-order valence-corrected chi connectivity index (χ0v) is 44.8. The number of amides is 6. The van der Waals surface area contributed by atoms with Gasteiger partial charge in [-0.3, -0.25) is 19.0 Å². The Labute approximate surface area is 430 Å². The Morgan fingerprint density at radius 1 is 0.671 bits per heavy atom. The van der Waals surface area contributed by atoms with Gasteiger partial charge in [-0.1, -0.05) is 25.5 Å². The number of unbranched alkanes of at least 4 members (excludes halogenated alkanes) is 3. The van der Waals surface area contributed by atoms with Crippen LogP contribution in [0.3, 0.4) is 0 Å². The van der Waals surface area contributed by atoms with Crippen molar-refractivity contribution in [3.05, 3.63) is 35.4 Å². The molecule has 0 bridgehead atoms. The molecule has 23 nitrogen and oxygen atoms in total. The minimum Gasteiger partial charge on any atom is -0.480 e. The molecule has 408 valence electrons. The fourth-order valence-electron chi connectivity index (χ4n) is 6.96. The number of carbonyl (C=O) groups is 6. The molecule has 1 aromatic carbocycles. The molecule has 0 aliphatic carbocycles. The summed E-state index contributed by atoms with van der Waals surface area (Å²) >= 11 is 0. The molecular formula is C50H83N13O10. The molecule has 6 amide bonds. The monoisotopic (exact) mass is 1030 g/mol. The van der Waals surface area contributed by atoms with E-state index in [0.29, 0.717) is 108 Å². The quantitative estimate of drug-likeness (QED) is 0.0334. The number of rotatable bonds is 28. The van der Waals surface area contributed by atoms with Crippen molar-refractivity contribution in [3.8, 4) is 6.01 Å². The van der Waals surface area contributed by atoms with E-state index in [1.54, 1.807) is 96.4 Å². The average Bonchev–Trinajstić information content (AvgIpc) is 3.60. The number of benzene rings is 1. The number of anilines is 2. The summed E-state index contributed by atoms with van der Waals surface area (Å²) in [5, 5.41) is 24.6. The molecule has 0 unspecified atom stereocenters. The van der Waals surface area contributed by atoms with Crippen molar-refractivity contribution in [2.75, 3.05) is 70.0 Å². The molecule has 2 aromatic heterocycles. The Balaban J connectivity index is 1.36. The van der Waals surface area contributed by atoms with Crippen LogP contribution < -0.4 is 38.1 Å². The SMILES string of the molecule is CCCCNc1nc(N)c2nc(O)n(Cc3ccc(C(=O)NCC(=O)NCCCC[C@H](N)C(=O)NCCCN(CCCCN(CCCNC(=O)OC(C)(C)C)C(=O)OC(C)(C)C)C(=O)OC(C)(C)C)cc3)c2n1. The summed E-state index contributed by atoms with van der Waals surface area (Å²) in [5.41, 5.74) is 12.0. The first-order chi connectivity index (χ1) is 34.2. The highest BCUT2D eigenvalue weighted by molar-refractivity contribution is 5.96. The molecule has 0 spiro atoms. The molecule has 73 heavy (non-hydrogen) atoms. The van der Waals surface area contributed by atoms with E-state index in [0.717, 1.165) is 18.4 Å². The number of nitrogens with one attached hydrogen (secondary N) is 5. The first-order valence-electron chi connectivity index (χ1n) is 25.3. The van der Waals surface area contributed by atoms with Crippen LogP contribution in [-0.2, 0) is 30.3 Å². The zero-order valence-electron chi connectivity index (χ0n) is 44.8. The van der Waals surface area contributed by atoms with Gasteiger partial charge in [0, 0.05) is 57.9 Å². The lowest BCUT2D eigenvalue weighted by molar-refractivity contribution is -0.122. The average molecular weight is 1030 g/mol. The van der Waals surface area contributed by atoms with Crippen molar-refractivity contribution >= 4 is 58.9 Å². The smallest absolute Gasteiger partial charge is 0.410 e. The molecule has 3 aromatic rings. The fourth-order valence-corrected chi connectivity index (χ4v) is 6.96. The lowest BCUT2D eigenvalue weighted by Crippen LogP contribution is -2.43. The van der Waals surface area contributed by atoms with Crippen molar-refractivity contribution in [3.63, 3.8) is 0 Å². The molecule has 0 radical (unpaired) electrons. The number of alkyl carbamates (subject to hydrolysis) is 1. The predicted octanol–water partition coefficient (Wildman–Crippen LogP) is 5.39. The largest absolute Gasteiger partial charge is 0.480 e. The second kappa shape index (κ2) is 29.2. The van der Waals surface area contributed by atoms with E-state index in [1.165, 1.54) is 4.57 Å². The highest BCUT2D eigenvalue weighted by atomic mass is 16.6. The van der Waals surface area contributed by atoms with Gasteiger partial charge in [-0.15, -0.1) is 0 Å². The predicted molar refractivity (Wildman–Crippen MR) is 279 cm³/mol. The normalized spacial score (nSPS) is 12.1. The number of nitrogens with two attached hydrogens (primary N) is 2. The number of hydrogen-bond acceptors (Lipinski definition) is 16. The van der Waals surface area contributed by atoms with Crippen molar-refractivity contribution in [1.82, 2.24) is 50.6 Å². The lowest BCUT2D eigenvalue weighted by atomic mass is 10.1. The van der Waals surface area contributed by atoms with Crippen LogP contribution >= 0.6 is 0 Å². The van der Waals surface area contributed by atoms with Crippen LogP contribution in [0.4, 0.5) is 26.1 Å². The van der Waals surface area contributed by atoms with Crippen molar-refractivity contribution in [2.45, 2.75) is 156 Å². The van der Waals surface area contributed by atoms with Gasteiger partial charge in [0.2, 0.25) is 17.8 Å². The van der Waals surface area contributed by atoms with Crippen molar-refractivity contribution < 1.29 is 48.1 Å². The summed E-state index contributed by atoms with van der Waals surface area (Å²) in [6.07, 6.45) is 4.00. The van der Waals surface area contributed by atoms with Gasteiger partial charge >= 0.3 is 18.3 Å². The van der Waals surface area contributed by atoms with E-state index in [1.807, 2.05) is 0 Å². The van der Waals surface area contributed by atoms with Gasteiger partial charge in [-0.25, -0.2) is 14.4 Å². The minimum atomic E-state index is -0.771. The van der Waals surface area contributed by atoms with E-state index < -0.39 is 47.0 Å². The van der Waals surface area contributed by atoms with Crippen LogP contribution in [0.15, 0.2) is 24.3 Å². The minimum absolute atomic E-state index is 0.144. The van der Waals surface area contributed by atoms with Crippen LogP contribution in [0.2, 0.25) is 0 Å². The molecular weight excluding hydrogens is 943 g/mol. The number of nitrogen functional groups attached to an aromatic ring is 1. The molecule has 0 aliphatic heterocycles. The van der Waals surface area contributed by atoms with E-state index in [2.05, 4.69) is 48.5 Å². The Hall–Kier alpha value is -6.65. The highest BCUT2D eigenvalue weighted by Gasteiger charge is 2.25. The summed E-state index contributed by atoms with van der Waals surface area (Å²) in [6.45, 7) is 21.1. The number of carbonyl (C=O) groups excluding carboxylic acids is 6. The van der Waals surface area contributed by atoms with E-state index in [4.69, 9.17) is 25.7 Å². The number of hydrogen-bond donors (Lipinski definition) is 8. The molecule has 2 heterocycles. The molecule has 0 saturated carbocycles. The number of nitrogens with zero attached hydrogens (tertiary/aromatic N) is 6. The van der Waals surface area contributed by atoms with E-state index in [-0.39, 0.29) is 48.8 Å². The van der Waals surface area contributed by atoms with Crippen molar-refractivity contribution in [2.24, 2.45) is 5.73 Å².